The first kappa shape index (κ1) is 28.1. The summed E-state index contributed by atoms with van der Waals surface area (Å²) in [7, 11) is 0. The molecule has 7 rings (SSSR count). The number of ketones is 1. The van der Waals surface area contributed by atoms with Gasteiger partial charge in [0.1, 0.15) is 0 Å². The molecule has 222 valence electrons. The van der Waals surface area contributed by atoms with Gasteiger partial charge in [-0.25, -0.2) is 0 Å². The number of amides is 1. The van der Waals surface area contributed by atoms with Gasteiger partial charge in [-0.1, -0.05) is 45.0 Å². The van der Waals surface area contributed by atoms with Crippen LogP contribution >= 0.6 is 0 Å². The van der Waals surface area contributed by atoms with Crippen LogP contribution < -0.4 is 10.2 Å². The molecule has 1 amide bonds. The molecule has 2 aliphatic heterocycles. The zero-order valence-electron chi connectivity index (χ0n) is 25.5. The molecule has 3 aromatic rings. The van der Waals surface area contributed by atoms with Crippen LogP contribution in [-0.4, -0.2) is 62.0 Å². The molecule has 43 heavy (non-hydrogen) atoms. The number of piperidine rings is 1. The summed E-state index contributed by atoms with van der Waals surface area (Å²) < 4.78 is 5.58. The fourth-order valence-electron chi connectivity index (χ4n) is 7.72. The van der Waals surface area contributed by atoms with Gasteiger partial charge in [-0.3, -0.25) is 14.5 Å². The maximum Gasteiger partial charge on any atom is 0.255 e. The van der Waals surface area contributed by atoms with E-state index in [4.69, 9.17) is 4.74 Å². The topological polar surface area (TPSA) is 61.9 Å². The second-order valence-corrected chi connectivity index (χ2v) is 12.9. The van der Waals surface area contributed by atoms with Crippen molar-refractivity contribution >= 4 is 28.6 Å². The van der Waals surface area contributed by atoms with Crippen LogP contribution in [0.25, 0.3) is 5.57 Å². The van der Waals surface area contributed by atoms with Gasteiger partial charge in [0, 0.05) is 65.7 Å². The maximum absolute atomic E-state index is 14.2. The van der Waals surface area contributed by atoms with Gasteiger partial charge in [0.05, 0.1) is 13.2 Å². The number of anilines is 2. The van der Waals surface area contributed by atoms with Gasteiger partial charge in [0.2, 0.25) is 0 Å². The van der Waals surface area contributed by atoms with E-state index in [-0.39, 0.29) is 17.1 Å². The second-order valence-electron chi connectivity index (χ2n) is 12.9. The zero-order valence-corrected chi connectivity index (χ0v) is 25.5. The summed E-state index contributed by atoms with van der Waals surface area (Å²) in [4.78, 5) is 32.2. The third kappa shape index (κ3) is 4.91. The van der Waals surface area contributed by atoms with Crippen molar-refractivity contribution in [2.24, 2.45) is 0 Å². The fourth-order valence-corrected chi connectivity index (χ4v) is 7.72. The van der Waals surface area contributed by atoms with Gasteiger partial charge >= 0.3 is 0 Å². The van der Waals surface area contributed by atoms with Crippen LogP contribution in [0.3, 0.4) is 0 Å². The Labute approximate surface area is 254 Å². The van der Waals surface area contributed by atoms with Gasteiger partial charge in [0.15, 0.2) is 5.78 Å². The van der Waals surface area contributed by atoms with Crippen molar-refractivity contribution in [2.75, 3.05) is 49.6 Å². The molecule has 0 aromatic heterocycles. The number of aryl methyl sites for hydroxylation is 1. The highest BCUT2D eigenvalue weighted by Gasteiger charge is 2.43. The monoisotopic (exact) mass is 575 g/mol. The molecule has 3 aromatic carbocycles. The van der Waals surface area contributed by atoms with E-state index < -0.39 is 0 Å². The molecular weight excluding hydrogens is 534 g/mol. The van der Waals surface area contributed by atoms with Crippen molar-refractivity contribution in [3.05, 3.63) is 99.6 Å². The number of carbonyl (C=O) groups is 2. The maximum atomic E-state index is 14.2. The first-order chi connectivity index (χ1) is 20.8. The number of Topliss-reactive ketones (excluding diaryl/α,β-unsaturated/α-hetero) is 1. The van der Waals surface area contributed by atoms with Crippen molar-refractivity contribution in [3.63, 3.8) is 0 Å². The van der Waals surface area contributed by atoms with E-state index in [1.54, 1.807) is 0 Å². The lowest BCUT2D eigenvalue weighted by molar-refractivity contribution is 0.0115. The normalized spacial score (nSPS) is 20.1. The van der Waals surface area contributed by atoms with Crippen LogP contribution in [0.2, 0.25) is 0 Å². The Bertz CT molecular complexity index is 1610. The lowest BCUT2D eigenvalue weighted by atomic mass is 9.68. The van der Waals surface area contributed by atoms with E-state index in [2.05, 4.69) is 48.0 Å². The molecule has 6 nitrogen and oxygen atoms in total. The van der Waals surface area contributed by atoms with Gasteiger partial charge in [0.25, 0.3) is 5.91 Å². The standard InChI is InChI=1S/C37H41N3O3/c1-4-24-21-30-31(23-33(24)40-14-12-28(13-15-40)39-16-18-43-19-17-39)37(2,3)32-22-26-20-27(10-11-29(26)34(32)35(30)41)38-36(42)25-8-6-5-7-9-25/h5-11,20-21,23,28H,4,12-19,22H2,1-3H3,(H,38,42). The summed E-state index contributed by atoms with van der Waals surface area (Å²) in [5.41, 5.74) is 9.80. The number of benzene rings is 3. The predicted octanol–water partition coefficient (Wildman–Crippen LogP) is 6.29. The van der Waals surface area contributed by atoms with Gasteiger partial charge in [-0.2, -0.15) is 0 Å². The molecule has 0 spiro atoms. The number of morpholine rings is 1. The molecule has 0 bridgehead atoms. The number of nitrogens with one attached hydrogen (secondary N) is 1. The molecule has 2 fully saturated rings. The number of carbonyl (C=O) groups excluding carboxylic acids is 2. The van der Waals surface area contributed by atoms with Crippen molar-refractivity contribution in [3.8, 4) is 0 Å². The fraction of sp³-hybridized carbons (Fsp3) is 0.405. The Balaban J connectivity index is 1.15. The highest BCUT2D eigenvalue weighted by Crippen LogP contribution is 2.51. The average Bonchev–Trinajstić information content (AvgIpc) is 3.44. The van der Waals surface area contributed by atoms with Crippen LogP contribution in [0.1, 0.15) is 76.6 Å². The predicted molar refractivity (Wildman–Crippen MR) is 172 cm³/mol. The summed E-state index contributed by atoms with van der Waals surface area (Å²) >= 11 is 0. The molecule has 0 radical (unpaired) electrons. The summed E-state index contributed by atoms with van der Waals surface area (Å²) in [6, 6.07) is 20.4. The molecule has 1 N–H and O–H groups in total. The third-order valence-electron chi connectivity index (χ3n) is 10.2. The molecule has 0 atom stereocenters. The Morgan fingerprint density at radius 1 is 0.953 bits per heavy atom. The number of nitrogens with zero attached hydrogens (tertiary/aromatic N) is 2. The van der Waals surface area contributed by atoms with Crippen molar-refractivity contribution in [1.29, 1.82) is 0 Å². The first-order valence-corrected chi connectivity index (χ1v) is 15.9. The smallest absolute Gasteiger partial charge is 0.255 e. The molecule has 0 unspecified atom stereocenters. The summed E-state index contributed by atoms with van der Waals surface area (Å²) in [5, 5.41) is 3.04. The quantitative estimate of drug-likeness (QED) is 0.388. The highest BCUT2D eigenvalue weighted by atomic mass is 16.5. The van der Waals surface area contributed by atoms with E-state index in [0.29, 0.717) is 18.0 Å². The minimum atomic E-state index is -0.280. The van der Waals surface area contributed by atoms with Crippen molar-refractivity contribution in [1.82, 2.24) is 4.90 Å². The Kier molecular flexibility index (Phi) is 7.22. The van der Waals surface area contributed by atoms with Crippen LogP contribution in [0, 0.1) is 0 Å². The molecular formula is C37H41N3O3. The minimum absolute atomic E-state index is 0.131. The summed E-state index contributed by atoms with van der Waals surface area (Å²) in [5.74, 6) is 0.00473. The van der Waals surface area contributed by atoms with Crippen LogP contribution in [0.15, 0.2) is 66.2 Å². The lowest BCUT2D eigenvalue weighted by Gasteiger charge is -2.42. The van der Waals surface area contributed by atoms with Gasteiger partial charge in [-0.05, 0) is 89.9 Å². The number of ether oxygens (including phenoxy) is 1. The Morgan fingerprint density at radius 3 is 2.42 bits per heavy atom. The van der Waals surface area contributed by atoms with Gasteiger partial charge in [-0.15, -0.1) is 0 Å². The Morgan fingerprint density at radius 2 is 1.70 bits per heavy atom. The number of allylic oxidation sites excluding steroid dienone is 2. The molecule has 0 saturated carbocycles. The van der Waals surface area contributed by atoms with Crippen molar-refractivity contribution in [2.45, 2.75) is 57.9 Å². The lowest BCUT2D eigenvalue weighted by Crippen LogP contribution is -2.49. The SMILES string of the molecule is CCc1cc2c(cc1N1CCC(N3CCOCC3)CC1)C(C)(C)C1=C(C2=O)c2ccc(NC(=O)c3ccccc3)cc2C1. The summed E-state index contributed by atoms with van der Waals surface area (Å²) in [6.07, 6.45) is 3.94. The highest BCUT2D eigenvalue weighted by molar-refractivity contribution is 6.33. The number of hydrogen-bond donors (Lipinski definition) is 1. The average molecular weight is 576 g/mol. The Hall–Kier alpha value is -3.74. The van der Waals surface area contributed by atoms with Crippen LogP contribution in [0.4, 0.5) is 11.4 Å². The van der Waals surface area contributed by atoms with E-state index in [1.165, 1.54) is 16.8 Å². The van der Waals surface area contributed by atoms with Crippen LogP contribution in [-0.2, 0) is 23.0 Å². The summed E-state index contributed by atoms with van der Waals surface area (Å²) in [6.45, 7) is 12.6. The number of fused-ring (bicyclic) bond motifs is 3. The number of hydrogen-bond acceptors (Lipinski definition) is 5. The largest absolute Gasteiger partial charge is 0.379 e. The molecule has 6 heteroatoms. The number of rotatable bonds is 5. The van der Waals surface area contributed by atoms with E-state index in [0.717, 1.165) is 92.2 Å². The zero-order chi connectivity index (χ0) is 29.7. The van der Waals surface area contributed by atoms with Crippen LogP contribution in [0.5, 0.6) is 0 Å². The molecule has 2 heterocycles. The third-order valence-corrected chi connectivity index (χ3v) is 10.2. The van der Waals surface area contributed by atoms with Gasteiger partial charge < -0.3 is 15.0 Å². The minimum Gasteiger partial charge on any atom is -0.379 e. The first-order valence-electron chi connectivity index (χ1n) is 15.9. The van der Waals surface area contributed by atoms with E-state index >= 15 is 0 Å². The second kappa shape index (κ2) is 11.1. The van der Waals surface area contributed by atoms with E-state index in [1.807, 2.05) is 48.5 Å². The van der Waals surface area contributed by atoms with Crippen molar-refractivity contribution < 1.29 is 14.3 Å². The molecule has 2 aliphatic carbocycles. The van der Waals surface area contributed by atoms with E-state index in [9.17, 15) is 9.59 Å². The molecule has 4 aliphatic rings. The molecule has 2 saturated heterocycles.